The van der Waals surface area contributed by atoms with Gasteiger partial charge in [-0.25, -0.2) is 0 Å². The highest BCUT2D eigenvalue weighted by atomic mass is 79.9. The van der Waals surface area contributed by atoms with Crippen LogP contribution < -0.4 is 10.2 Å². The molecule has 2 atom stereocenters. The number of carbonyl (C=O) groups excluding carboxylic acids is 2. The number of rotatable bonds is 1. The number of nitrogens with zero attached hydrogens (tertiary/aromatic N) is 1. The van der Waals surface area contributed by atoms with Crippen LogP contribution in [0.25, 0.3) is 0 Å². The predicted molar refractivity (Wildman–Crippen MR) is 73.4 cm³/mol. The van der Waals surface area contributed by atoms with Crippen molar-refractivity contribution in [1.29, 1.82) is 0 Å². The zero-order valence-corrected chi connectivity index (χ0v) is 12.1. The molecule has 18 heavy (non-hydrogen) atoms. The van der Waals surface area contributed by atoms with Crippen molar-refractivity contribution >= 4 is 33.4 Å². The summed E-state index contributed by atoms with van der Waals surface area (Å²) in [6.07, 6.45) is 0. The van der Waals surface area contributed by atoms with Gasteiger partial charge in [0.15, 0.2) is 0 Å². The molecule has 1 aliphatic heterocycles. The number of benzene rings is 1. The Balaban J connectivity index is 2.43. The molecule has 0 radical (unpaired) electrons. The summed E-state index contributed by atoms with van der Waals surface area (Å²) < 4.78 is 0.987. The predicted octanol–water partition coefficient (Wildman–Crippen LogP) is 2.00. The van der Waals surface area contributed by atoms with E-state index in [1.54, 1.807) is 18.7 Å². The molecule has 0 bridgehead atoms. The van der Waals surface area contributed by atoms with Gasteiger partial charge in [-0.3, -0.25) is 14.5 Å². The molecule has 96 valence electrons. The second-order valence-corrected chi connectivity index (χ2v) is 5.40. The third-order valence-electron chi connectivity index (χ3n) is 3.15. The number of aryl methyl sites for hydroxylation is 1. The molecule has 5 heteroatoms. The quantitative estimate of drug-likeness (QED) is 0.862. The molecule has 1 fully saturated rings. The van der Waals surface area contributed by atoms with Crippen molar-refractivity contribution in [1.82, 2.24) is 5.32 Å². The van der Waals surface area contributed by atoms with Crippen molar-refractivity contribution in [3.8, 4) is 0 Å². The van der Waals surface area contributed by atoms with Gasteiger partial charge in [-0.1, -0.05) is 15.9 Å². The molecule has 0 aromatic heterocycles. The molecular formula is C13H15BrN2O2. The van der Waals surface area contributed by atoms with Crippen LogP contribution in [0.3, 0.4) is 0 Å². The fourth-order valence-corrected chi connectivity index (χ4v) is 2.29. The van der Waals surface area contributed by atoms with E-state index in [2.05, 4.69) is 21.2 Å². The second-order valence-electron chi connectivity index (χ2n) is 4.55. The van der Waals surface area contributed by atoms with E-state index in [0.717, 1.165) is 15.7 Å². The molecule has 0 spiro atoms. The maximum absolute atomic E-state index is 12.2. The highest BCUT2D eigenvalue weighted by Crippen LogP contribution is 2.26. The van der Waals surface area contributed by atoms with E-state index in [4.69, 9.17) is 0 Å². The third-order valence-corrected chi connectivity index (χ3v) is 4.04. The first-order valence-corrected chi connectivity index (χ1v) is 6.60. The zero-order valence-electron chi connectivity index (χ0n) is 10.5. The molecule has 2 rings (SSSR count). The van der Waals surface area contributed by atoms with E-state index < -0.39 is 12.1 Å². The van der Waals surface area contributed by atoms with Gasteiger partial charge in [-0.2, -0.15) is 0 Å². The van der Waals surface area contributed by atoms with Crippen molar-refractivity contribution in [3.63, 3.8) is 0 Å². The lowest BCUT2D eigenvalue weighted by Gasteiger charge is -2.36. The van der Waals surface area contributed by atoms with E-state index in [-0.39, 0.29) is 11.8 Å². The molecule has 2 unspecified atom stereocenters. The Bertz CT molecular complexity index is 516. The minimum atomic E-state index is -0.478. The van der Waals surface area contributed by atoms with Crippen molar-refractivity contribution in [2.24, 2.45) is 0 Å². The topological polar surface area (TPSA) is 49.4 Å². The normalized spacial score (nSPS) is 24.1. The SMILES string of the molecule is Cc1cc(N2C(=O)C(C)NC(=O)C2C)ccc1Br. The summed E-state index contributed by atoms with van der Waals surface area (Å²) in [5, 5.41) is 2.67. The van der Waals surface area contributed by atoms with Gasteiger partial charge >= 0.3 is 0 Å². The summed E-state index contributed by atoms with van der Waals surface area (Å²) in [5.41, 5.74) is 1.79. The van der Waals surface area contributed by atoms with Crippen molar-refractivity contribution in [3.05, 3.63) is 28.2 Å². The first-order chi connectivity index (χ1) is 8.41. The number of carbonyl (C=O) groups is 2. The monoisotopic (exact) mass is 310 g/mol. The fourth-order valence-electron chi connectivity index (χ4n) is 2.04. The van der Waals surface area contributed by atoms with Gasteiger partial charge in [-0.15, -0.1) is 0 Å². The standard InChI is InChI=1S/C13H15BrN2O2/c1-7-6-10(4-5-11(7)14)16-9(3)12(17)15-8(2)13(16)18/h4-6,8-9H,1-3H3,(H,15,17). The summed E-state index contributed by atoms with van der Waals surface area (Å²) in [7, 11) is 0. The Kier molecular flexibility index (Phi) is 3.43. The van der Waals surface area contributed by atoms with Crippen LogP contribution in [0.2, 0.25) is 0 Å². The second kappa shape index (κ2) is 4.72. The zero-order chi connectivity index (χ0) is 13.4. The highest BCUT2D eigenvalue weighted by Gasteiger charge is 2.36. The fraction of sp³-hybridized carbons (Fsp3) is 0.385. The summed E-state index contributed by atoms with van der Waals surface area (Å²) in [6, 6.07) is 4.69. The molecule has 2 amide bonds. The Hall–Kier alpha value is -1.36. The van der Waals surface area contributed by atoms with Gasteiger partial charge in [0.2, 0.25) is 11.8 Å². The van der Waals surface area contributed by atoms with E-state index in [1.807, 2.05) is 25.1 Å². The van der Waals surface area contributed by atoms with E-state index in [9.17, 15) is 9.59 Å². The van der Waals surface area contributed by atoms with E-state index in [0.29, 0.717) is 0 Å². The third kappa shape index (κ3) is 2.14. The van der Waals surface area contributed by atoms with Gasteiger partial charge < -0.3 is 5.32 Å². The molecule has 1 aromatic carbocycles. The van der Waals surface area contributed by atoms with Crippen molar-refractivity contribution in [2.75, 3.05) is 4.90 Å². The first-order valence-electron chi connectivity index (χ1n) is 5.81. The van der Waals surface area contributed by atoms with Gasteiger partial charge in [0.1, 0.15) is 12.1 Å². The number of hydrogen-bond acceptors (Lipinski definition) is 2. The van der Waals surface area contributed by atoms with Crippen LogP contribution in [0, 0.1) is 6.92 Å². The molecule has 0 aliphatic carbocycles. The number of nitrogens with one attached hydrogen (secondary N) is 1. The van der Waals surface area contributed by atoms with Gasteiger partial charge in [0, 0.05) is 10.2 Å². The maximum atomic E-state index is 12.2. The minimum absolute atomic E-state index is 0.0798. The summed E-state index contributed by atoms with van der Waals surface area (Å²) in [4.78, 5) is 25.5. The smallest absolute Gasteiger partial charge is 0.250 e. The van der Waals surface area contributed by atoms with Crippen LogP contribution in [-0.2, 0) is 9.59 Å². The lowest BCUT2D eigenvalue weighted by molar-refractivity contribution is -0.133. The summed E-state index contributed by atoms with van der Waals surface area (Å²) in [5.74, 6) is -0.202. The van der Waals surface area contributed by atoms with Crippen LogP contribution in [-0.4, -0.2) is 23.9 Å². The van der Waals surface area contributed by atoms with Crippen LogP contribution in [0.5, 0.6) is 0 Å². The van der Waals surface area contributed by atoms with Crippen molar-refractivity contribution in [2.45, 2.75) is 32.9 Å². The largest absolute Gasteiger partial charge is 0.343 e. The average Bonchev–Trinajstić information content (AvgIpc) is 2.31. The molecule has 1 N–H and O–H groups in total. The van der Waals surface area contributed by atoms with E-state index >= 15 is 0 Å². The lowest BCUT2D eigenvalue weighted by Crippen LogP contribution is -2.61. The lowest BCUT2D eigenvalue weighted by atomic mass is 10.1. The molecular weight excluding hydrogens is 296 g/mol. The van der Waals surface area contributed by atoms with Gasteiger partial charge in [0.05, 0.1) is 0 Å². The highest BCUT2D eigenvalue weighted by molar-refractivity contribution is 9.10. The van der Waals surface area contributed by atoms with Crippen LogP contribution in [0.15, 0.2) is 22.7 Å². The first kappa shape index (κ1) is 13.1. The molecule has 1 aliphatic rings. The number of anilines is 1. The number of amides is 2. The number of piperazine rings is 1. The Morgan fingerprint density at radius 2 is 1.94 bits per heavy atom. The summed E-state index contributed by atoms with van der Waals surface area (Å²) >= 11 is 3.42. The Morgan fingerprint density at radius 3 is 2.56 bits per heavy atom. The molecule has 1 saturated heterocycles. The van der Waals surface area contributed by atoms with Crippen molar-refractivity contribution < 1.29 is 9.59 Å². The maximum Gasteiger partial charge on any atom is 0.250 e. The molecule has 4 nitrogen and oxygen atoms in total. The van der Waals surface area contributed by atoms with Gasteiger partial charge in [-0.05, 0) is 44.5 Å². The summed E-state index contributed by atoms with van der Waals surface area (Å²) in [6.45, 7) is 5.39. The van der Waals surface area contributed by atoms with Gasteiger partial charge in [0.25, 0.3) is 0 Å². The molecule has 1 heterocycles. The van der Waals surface area contributed by atoms with Crippen LogP contribution in [0.1, 0.15) is 19.4 Å². The molecule has 1 aromatic rings. The van der Waals surface area contributed by atoms with E-state index in [1.165, 1.54) is 0 Å². The number of halogens is 1. The molecule has 0 saturated carbocycles. The Labute approximate surface area is 114 Å². The van der Waals surface area contributed by atoms with Crippen LogP contribution in [0.4, 0.5) is 5.69 Å². The van der Waals surface area contributed by atoms with Crippen LogP contribution >= 0.6 is 15.9 Å². The average molecular weight is 311 g/mol. The Morgan fingerprint density at radius 1 is 1.28 bits per heavy atom. The number of hydrogen-bond donors (Lipinski definition) is 1. The minimum Gasteiger partial charge on any atom is -0.343 e.